The Labute approximate surface area is 168 Å². The Morgan fingerprint density at radius 3 is 2.69 bits per heavy atom. The van der Waals surface area contributed by atoms with E-state index < -0.39 is 0 Å². The lowest BCUT2D eigenvalue weighted by Crippen LogP contribution is -2.48. The van der Waals surface area contributed by atoms with Crippen molar-refractivity contribution in [1.82, 2.24) is 25.1 Å². The highest BCUT2D eigenvalue weighted by molar-refractivity contribution is 5.94. The maximum absolute atomic E-state index is 12.6. The summed E-state index contributed by atoms with van der Waals surface area (Å²) in [6.07, 6.45) is 4.29. The number of hydrogen-bond acceptors (Lipinski definition) is 6. The zero-order valence-corrected chi connectivity index (χ0v) is 16.4. The van der Waals surface area contributed by atoms with Crippen molar-refractivity contribution in [2.45, 2.75) is 37.6 Å². The molecular formula is C21H24N6O2. The predicted octanol–water partition coefficient (Wildman–Crippen LogP) is 2.41. The van der Waals surface area contributed by atoms with Gasteiger partial charge in [0, 0.05) is 30.6 Å². The lowest BCUT2D eigenvalue weighted by atomic mass is 10.0. The number of methoxy groups -OCH3 is 1. The summed E-state index contributed by atoms with van der Waals surface area (Å²) in [6, 6.07) is 11.2. The second-order valence-electron chi connectivity index (χ2n) is 7.78. The fourth-order valence-electron chi connectivity index (χ4n) is 3.87. The molecule has 5 rings (SSSR count). The highest BCUT2D eigenvalue weighted by Gasteiger charge is 2.30. The van der Waals surface area contributed by atoms with Gasteiger partial charge in [0.25, 0.3) is 5.91 Å². The van der Waals surface area contributed by atoms with E-state index in [-0.39, 0.29) is 11.9 Å². The number of amides is 1. The molecule has 2 fully saturated rings. The number of rotatable bonds is 5. The topological polar surface area (TPSA) is 84.6 Å². The minimum Gasteiger partial charge on any atom is -0.497 e. The minimum atomic E-state index is -0.0576. The molecule has 1 amide bonds. The second kappa shape index (κ2) is 7.35. The molecule has 1 aromatic carbocycles. The van der Waals surface area contributed by atoms with Gasteiger partial charge in [-0.05, 0) is 62.1 Å². The number of nitrogens with zero attached hydrogens (tertiary/aromatic N) is 5. The van der Waals surface area contributed by atoms with Crippen LogP contribution in [-0.2, 0) is 0 Å². The molecule has 8 heteroatoms. The average Bonchev–Trinajstić information content (AvgIpc) is 3.52. The molecule has 1 N–H and O–H groups in total. The van der Waals surface area contributed by atoms with Gasteiger partial charge in [0.1, 0.15) is 11.6 Å². The van der Waals surface area contributed by atoms with Gasteiger partial charge >= 0.3 is 0 Å². The monoisotopic (exact) mass is 392 g/mol. The Morgan fingerprint density at radius 2 is 1.93 bits per heavy atom. The van der Waals surface area contributed by atoms with Crippen LogP contribution in [0.4, 0.5) is 5.82 Å². The molecule has 1 unspecified atom stereocenters. The van der Waals surface area contributed by atoms with Gasteiger partial charge in [-0.1, -0.05) is 0 Å². The van der Waals surface area contributed by atoms with E-state index in [1.165, 1.54) is 0 Å². The number of piperidine rings is 1. The minimum absolute atomic E-state index is 0.0576. The van der Waals surface area contributed by atoms with Crippen LogP contribution in [0.5, 0.6) is 5.75 Å². The van der Waals surface area contributed by atoms with Crippen LogP contribution < -0.4 is 15.0 Å². The fraction of sp³-hybridized carbons (Fsp3) is 0.429. The van der Waals surface area contributed by atoms with Crippen molar-refractivity contribution in [3.63, 3.8) is 0 Å². The Kier molecular flexibility index (Phi) is 4.54. The van der Waals surface area contributed by atoms with E-state index in [1.54, 1.807) is 31.4 Å². The molecule has 0 spiro atoms. The van der Waals surface area contributed by atoms with Crippen molar-refractivity contribution in [3.05, 3.63) is 47.8 Å². The number of hydrogen-bond donors (Lipinski definition) is 1. The summed E-state index contributed by atoms with van der Waals surface area (Å²) in [5.74, 6) is 3.04. The molecule has 3 aromatic rings. The van der Waals surface area contributed by atoms with Gasteiger partial charge in [-0.3, -0.25) is 4.79 Å². The van der Waals surface area contributed by atoms with Gasteiger partial charge in [0.15, 0.2) is 11.5 Å². The van der Waals surface area contributed by atoms with E-state index in [0.717, 1.165) is 61.8 Å². The molecule has 8 nitrogen and oxygen atoms in total. The smallest absolute Gasteiger partial charge is 0.251 e. The Bertz CT molecular complexity index is 1030. The standard InChI is InChI=1S/C21H24N6O2/c1-29-17-8-6-15(7-9-17)21(28)22-16-3-2-12-26(13-16)19-11-10-18-23-24-20(14-4-5-14)27(18)25-19/h6-11,14,16H,2-5,12-13H2,1H3,(H,22,28). The molecule has 3 heterocycles. The van der Waals surface area contributed by atoms with E-state index in [4.69, 9.17) is 9.84 Å². The maximum Gasteiger partial charge on any atom is 0.251 e. The molecule has 150 valence electrons. The molecule has 29 heavy (non-hydrogen) atoms. The largest absolute Gasteiger partial charge is 0.497 e. The third kappa shape index (κ3) is 3.62. The first kappa shape index (κ1) is 17.9. The Morgan fingerprint density at radius 1 is 1.10 bits per heavy atom. The normalized spacial score (nSPS) is 19.3. The Hall–Kier alpha value is -3.16. The van der Waals surface area contributed by atoms with Crippen LogP contribution in [0.3, 0.4) is 0 Å². The summed E-state index contributed by atoms with van der Waals surface area (Å²) in [5, 5.41) is 16.5. The quantitative estimate of drug-likeness (QED) is 0.718. The van der Waals surface area contributed by atoms with Gasteiger partial charge in [-0.25, -0.2) is 0 Å². The first-order chi connectivity index (χ1) is 14.2. The molecule has 1 atom stereocenters. The number of anilines is 1. The van der Waals surface area contributed by atoms with Crippen LogP contribution >= 0.6 is 0 Å². The summed E-state index contributed by atoms with van der Waals surface area (Å²) < 4.78 is 7.04. The number of benzene rings is 1. The van der Waals surface area contributed by atoms with Crippen LogP contribution in [0.25, 0.3) is 5.65 Å². The molecule has 1 saturated carbocycles. The second-order valence-corrected chi connectivity index (χ2v) is 7.78. The van der Waals surface area contributed by atoms with E-state index in [9.17, 15) is 4.79 Å². The fourth-order valence-corrected chi connectivity index (χ4v) is 3.87. The number of ether oxygens (including phenoxy) is 1. The zero-order chi connectivity index (χ0) is 19.8. The van der Waals surface area contributed by atoms with Gasteiger partial charge in [-0.2, -0.15) is 4.52 Å². The number of fused-ring (bicyclic) bond motifs is 1. The molecule has 0 radical (unpaired) electrons. The molecule has 1 aliphatic carbocycles. The Balaban J connectivity index is 1.29. The van der Waals surface area contributed by atoms with Crippen LogP contribution in [0.15, 0.2) is 36.4 Å². The van der Waals surface area contributed by atoms with Gasteiger partial charge < -0.3 is 15.0 Å². The molecule has 2 aromatic heterocycles. The van der Waals surface area contributed by atoms with Crippen molar-refractivity contribution in [2.75, 3.05) is 25.1 Å². The summed E-state index contributed by atoms with van der Waals surface area (Å²) in [5.41, 5.74) is 1.43. The van der Waals surface area contributed by atoms with E-state index in [2.05, 4.69) is 20.4 Å². The zero-order valence-electron chi connectivity index (χ0n) is 16.4. The lowest BCUT2D eigenvalue weighted by Gasteiger charge is -2.33. The first-order valence-electron chi connectivity index (χ1n) is 10.1. The van der Waals surface area contributed by atoms with Crippen LogP contribution in [0.1, 0.15) is 47.8 Å². The molecular weight excluding hydrogens is 368 g/mol. The summed E-state index contributed by atoms with van der Waals surface area (Å²) >= 11 is 0. The summed E-state index contributed by atoms with van der Waals surface area (Å²) in [6.45, 7) is 1.66. The van der Waals surface area contributed by atoms with E-state index >= 15 is 0 Å². The number of nitrogens with one attached hydrogen (secondary N) is 1. The number of carbonyl (C=O) groups is 1. The number of aromatic nitrogens is 4. The third-order valence-corrected chi connectivity index (χ3v) is 5.65. The highest BCUT2D eigenvalue weighted by Crippen LogP contribution is 2.38. The third-order valence-electron chi connectivity index (χ3n) is 5.65. The van der Waals surface area contributed by atoms with Crippen molar-refractivity contribution < 1.29 is 9.53 Å². The predicted molar refractivity (Wildman–Crippen MR) is 108 cm³/mol. The van der Waals surface area contributed by atoms with Crippen molar-refractivity contribution in [2.24, 2.45) is 0 Å². The molecule has 2 aliphatic rings. The van der Waals surface area contributed by atoms with Crippen LogP contribution in [0, 0.1) is 0 Å². The maximum atomic E-state index is 12.6. The van der Waals surface area contributed by atoms with Crippen molar-refractivity contribution in [3.8, 4) is 5.75 Å². The van der Waals surface area contributed by atoms with E-state index in [1.807, 2.05) is 16.6 Å². The lowest BCUT2D eigenvalue weighted by molar-refractivity contribution is 0.0933. The van der Waals surface area contributed by atoms with Crippen molar-refractivity contribution in [1.29, 1.82) is 0 Å². The summed E-state index contributed by atoms with van der Waals surface area (Å²) in [4.78, 5) is 14.9. The molecule has 1 aliphatic heterocycles. The average molecular weight is 392 g/mol. The summed E-state index contributed by atoms with van der Waals surface area (Å²) in [7, 11) is 1.62. The van der Waals surface area contributed by atoms with Gasteiger partial charge in [-0.15, -0.1) is 15.3 Å². The van der Waals surface area contributed by atoms with Crippen molar-refractivity contribution >= 4 is 17.4 Å². The SMILES string of the molecule is COc1ccc(C(=O)NC2CCCN(c3ccc4nnc(C5CC5)n4n3)C2)cc1. The highest BCUT2D eigenvalue weighted by atomic mass is 16.5. The van der Waals surface area contributed by atoms with Gasteiger partial charge in [0.05, 0.1) is 7.11 Å². The number of carbonyl (C=O) groups excluding carboxylic acids is 1. The molecule has 0 bridgehead atoms. The van der Waals surface area contributed by atoms with E-state index in [0.29, 0.717) is 11.5 Å². The van der Waals surface area contributed by atoms with Crippen LogP contribution in [-0.4, -0.2) is 52.0 Å². The molecule has 1 saturated heterocycles. The van der Waals surface area contributed by atoms with Crippen LogP contribution in [0.2, 0.25) is 0 Å². The van der Waals surface area contributed by atoms with Gasteiger partial charge in [0.2, 0.25) is 0 Å². The first-order valence-corrected chi connectivity index (χ1v) is 10.1.